The molecule has 138 valence electrons. The molecule has 0 spiro atoms. The molecule has 0 aliphatic rings. The number of carbonyl (C=O) groups is 2. The first kappa shape index (κ1) is 19.3. The van der Waals surface area contributed by atoms with Gasteiger partial charge in [0.05, 0.1) is 7.11 Å². The molecule has 6 nitrogen and oxygen atoms in total. The number of rotatable bonds is 8. The fourth-order valence-electron chi connectivity index (χ4n) is 2.48. The molecule has 2 aromatic rings. The Hall–Kier alpha value is -3.02. The van der Waals surface area contributed by atoms with E-state index in [0.717, 1.165) is 5.56 Å². The summed E-state index contributed by atoms with van der Waals surface area (Å²) in [6, 6.07) is 12.7. The normalized spacial score (nSPS) is 12.7. The summed E-state index contributed by atoms with van der Waals surface area (Å²) in [7, 11) is 1.53. The number of hydrogen-bond donors (Lipinski definition) is 2. The second-order valence-electron chi connectivity index (χ2n) is 5.83. The highest BCUT2D eigenvalue weighted by Gasteiger charge is 2.27. The quantitative estimate of drug-likeness (QED) is 0.758. The van der Waals surface area contributed by atoms with Crippen molar-refractivity contribution in [2.24, 2.45) is 0 Å². The van der Waals surface area contributed by atoms with E-state index >= 15 is 0 Å². The van der Waals surface area contributed by atoms with Gasteiger partial charge in [-0.3, -0.25) is 4.79 Å². The second-order valence-corrected chi connectivity index (χ2v) is 5.83. The molecule has 6 heteroatoms. The Morgan fingerprint density at radius 3 is 2.31 bits per heavy atom. The lowest BCUT2D eigenvalue weighted by atomic mass is 10.1. The molecule has 1 amide bonds. The Kier molecular flexibility index (Phi) is 6.60. The van der Waals surface area contributed by atoms with Crippen LogP contribution in [0.1, 0.15) is 30.5 Å². The van der Waals surface area contributed by atoms with Crippen LogP contribution in [0.5, 0.6) is 11.5 Å². The van der Waals surface area contributed by atoms with Crippen LogP contribution in [-0.4, -0.2) is 30.2 Å². The van der Waals surface area contributed by atoms with Crippen LogP contribution in [0.15, 0.2) is 48.5 Å². The van der Waals surface area contributed by atoms with Gasteiger partial charge < -0.3 is 19.9 Å². The molecule has 0 saturated heterocycles. The average Bonchev–Trinajstić information content (AvgIpc) is 2.65. The van der Waals surface area contributed by atoms with E-state index in [9.17, 15) is 14.7 Å². The SMILES string of the molecule is CCC(Oc1ccccc1C)C(=O)NC(C(=O)O)c1ccc(OC)cc1. The van der Waals surface area contributed by atoms with Gasteiger partial charge in [0, 0.05) is 0 Å². The number of para-hydroxylation sites is 1. The summed E-state index contributed by atoms with van der Waals surface area (Å²) in [6.07, 6.45) is -0.369. The summed E-state index contributed by atoms with van der Waals surface area (Å²) in [6.45, 7) is 3.70. The highest BCUT2D eigenvalue weighted by Crippen LogP contribution is 2.21. The minimum absolute atomic E-state index is 0.412. The molecule has 2 unspecified atom stereocenters. The molecule has 0 aliphatic heterocycles. The maximum Gasteiger partial charge on any atom is 0.330 e. The summed E-state index contributed by atoms with van der Waals surface area (Å²) in [4.78, 5) is 24.2. The first-order chi connectivity index (χ1) is 12.5. The van der Waals surface area contributed by atoms with Crippen molar-refractivity contribution in [1.82, 2.24) is 5.32 Å². The van der Waals surface area contributed by atoms with Gasteiger partial charge in [0.1, 0.15) is 11.5 Å². The van der Waals surface area contributed by atoms with E-state index in [2.05, 4.69) is 5.32 Å². The molecule has 0 aliphatic carbocycles. The number of amides is 1. The maximum atomic E-state index is 12.6. The zero-order valence-corrected chi connectivity index (χ0v) is 15.1. The number of carbonyl (C=O) groups excluding carboxylic acids is 1. The van der Waals surface area contributed by atoms with Gasteiger partial charge in [-0.05, 0) is 42.7 Å². The number of aryl methyl sites for hydroxylation is 1. The number of carboxylic acids is 1. The lowest BCUT2D eigenvalue weighted by molar-refractivity contribution is -0.143. The molecular formula is C20H23NO5. The Bertz CT molecular complexity index is 757. The maximum absolute atomic E-state index is 12.6. The van der Waals surface area contributed by atoms with Crippen molar-refractivity contribution in [3.05, 3.63) is 59.7 Å². The smallest absolute Gasteiger partial charge is 0.330 e. The number of ether oxygens (including phenoxy) is 2. The lowest BCUT2D eigenvalue weighted by Gasteiger charge is -2.21. The van der Waals surface area contributed by atoms with Gasteiger partial charge >= 0.3 is 5.97 Å². The Balaban J connectivity index is 2.14. The molecule has 0 saturated carbocycles. The van der Waals surface area contributed by atoms with E-state index in [4.69, 9.17) is 9.47 Å². The van der Waals surface area contributed by atoms with Crippen molar-refractivity contribution in [3.63, 3.8) is 0 Å². The predicted octanol–water partition coefficient (Wildman–Crippen LogP) is 3.10. The number of methoxy groups -OCH3 is 1. The highest BCUT2D eigenvalue weighted by molar-refractivity contribution is 5.87. The van der Waals surface area contributed by atoms with Crippen LogP contribution < -0.4 is 14.8 Å². The molecule has 0 aromatic heterocycles. The topological polar surface area (TPSA) is 84.9 Å². The van der Waals surface area contributed by atoms with Crippen molar-refractivity contribution >= 4 is 11.9 Å². The van der Waals surface area contributed by atoms with Crippen molar-refractivity contribution in [1.29, 1.82) is 0 Å². The van der Waals surface area contributed by atoms with Crippen LogP contribution in [-0.2, 0) is 9.59 Å². The van der Waals surface area contributed by atoms with Crippen LogP contribution in [0.25, 0.3) is 0 Å². The van der Waals surface area contributed by atoms with Crippen LogP contribution >= 0.6 is 0 Å². The number of aliphatic carboxylic acids is 1. The highest BCUT2D eigenvalue weighted by atomic mass is 16.5. The third-order valence-electron chi connectivity index (χ3n) is 4.01. The van der Waals surface area contributed by atoms with Crippen LogP contribution in [0.3, 0.4) is 0 Å². The van der Waals surface area contributed by atoms with Gasteiger partial charge in [0.25, 0.3) is 5.91 Å². The standard InChI is InChI=1S/C20H23NO5/c1-4-16(26-17-8-6-5-7-13(17)2)19(22)21-18(20(23)24)14-9-11-15(25-3)12-10-14/h5-12,16,18H,4H2,1-3H3,(H,21,22)(H,23,24). The van der Waals surface area contributed by atoms with Crippen molar-refractivity contribution in [2.45, 2.75) is 32.4 Å². The van der Waals surface area contributed by atoms with E-state index < -0.39 is 24.0 Å². The largest absolute Gasteiger partial charge is 0.497 e. The Morgan fingerprint density at radius 1 is 1.12 bits per heavy atom. The molecular weight excluding hydrogens is 334 g/mol. The average molecular weight is 357 g/mol. The van der Waals surface area contributed by atoms with E-state index in [0.29, 0.717) is 23.5 Å². The van der Waals surface area contributed by atoms with E-state index in [1.807, 2.05) is 32.0 Å². The Morgan fingerprint density at radius 2 is 1.77 bits per heavy atom. The zero-order valence-electron chi connectivity index (χ0n) is 15.1. The van der Waals surface area contributed by atoms with Crippen LogP contribution in [0.4, 0.5) is 0 Å². The zero-order chi connectivity index (χ0) is 19.1. The third kappa shape index (κ3) is 4.75. The van der Waals surface area contributed by atoms with E-state index in [1.54, 1.807) is 30.3 Å². The molecule has 0 heterocycles. The van der Waals surface area contributed by atoms with Gasteiger partial charge in [0.15, 0.2) is 12.1 Å². The Labute approximate surface area is 152 Å². The third-order valence-corrected chi connectivity index (χ3v) is 4.01. The number of carboxylic acid groups (broad SMARTS) is 1. The van der Waals surface area contributed by atoms with Crippen LogP contribution in [0, 0.1) is 6.92 Å². The summed E-state index contributed by atoms with van der Waals surface area (Å²) >= 11 is 0. The first-order valence-corrected chi connectivity index (χ1v) is 8.35. The van der Waals surface area contributed by atoms with Gasteiger partial charge in [-0.25, -0.2) is 4.79 Å². The van der Waals surface area contributed by atoms with Gasteiger partial charge in [0.2, 0.25) is 0 Å². The van der Waals surface area contributed by atoms with Crippen molar-refractivity contribution < 1.29 is 24.2 Å². The first-order valence-electron chi connectivity index (χ1n) is 8.35. The number of hydrogen-bond acceptors (Lipinski definition) is 4. The monoisotopic (exact) mass is 357 g/mol. The second kappa shape index (κ2) is 8.89. The van der Waals surface area contributed by atoms with Crippen LogP contribution in [0.2, 0.25) is 0 Å². The predicted molar refractivity (Wildman–Crippen MR) is 97.4 cm³/mol. The molecule has 0 radical (unpaired) electrons. The summed E-state index contributed by atoms with van der Waals surface area (Å²) in [5.41, 5.74) is 1.36. The minimum atomic E-state index is -1.16. The van der Waals surface area contributed by atoms with Crippen molar-refractivity contribution in [3.8, 4) is 11.5 Å². The molecule has 0 fully saturated rings. The van der Waals surface area contributed by atoms with Gasteiger partial charge in [-0.2, -0.15) is 0 Å². The minimum Gasteiger partial charge on any atom is -0.497 e. The van der Waals surface area contributed by atoms with E-state index in [-0.39, 0.29) is 0 Å². The molecule has 26 heavy (non-hydrogen) atoms. The fraction of sp³-hybridized carbons (Fsp3) is 0.300. The summed E-state index contributed by atoms with van der Waals surface area (Å²) in [5.74, 6) is -0.405. The van der Waals surface area contributed by atoms with Crippen molar-refractivity contribution in [2.75, 3.05) is 7.11 Å². The summed E-state index contributed by atoms with van der Waals surface area (Å²) < 4.78 is 10.9. The lowest BCUT2D eigenvalue weighted by Crippen LogP contribution is -2.42. The van der Waals surface area contributed by atoms with Gasteiger partial charge in [-0.15, -0.1) is 0 Å². The molecule has 2 aromatic carbocycles. The fourth-order valence-corrected chi connectivity index (χ4v) is 2.48. The molecule has 2 atom stereocenters. The number of benzene rings is 2. The van der Waals surface area contributed by atoms with Gasteiger partial charge in [-0.1, -0.05) is 37.3 Å². The van der Waals surface area contributed by atoms with E-state index in [1.165, 1.54) is 7.11 Å². The molecule has 2 N–H and O–H groups in total. The molecule has 0 bridgehead atoms. The molecule has 2 rings (SSSR count). The number of nitrogens with one attached hydrogen (secondary N) is 1. The summed E-state index contributed by atoms with van der Waals surface area (Å²) in [5, 5.41) is 12.1.